The van der Waals surface area contributed by atoms with Crippen molar-refractivity contribution in [3.63, 3.8) is 0 Å². The van der Waals surface area contributed by atoms with Gasteiger partial charge in [0.2, 0.25) is 0 Å². The van der Waals surface area contributed by atoms with E-state index >= 15 is 0 Å². The third-order valence-corrected chi connectivity index (χ3v) is 3.07. The zero-order valence-corrected chi connectivity index (χ0v) is 11.4. The van der Waals surface area contributed by atoms with Crippen LogP contribution in [0.25, 0.3) is 0 Å². The molecule has 0 fully saturated rings. The Labute approximate surface area is 110 Å². The SMILES string of the molecule is CN(CCCCCCN)Cc1cccc(Cl)c1. The van der Waals surface area contributed by atoms with Crippen molar-refractivity contribution in [1.29, 1.82) is 0 Å². The average Bonchev–Trinajstić information content (AvgIpc) is 2.29. The molecule has 0 radical (unpaired) electrons. The van der Waals surface area contributed by atoms with Gasteiger partial charge in [-0.1, -0.05) is 36.6 Å². The summed E-state index contributed by atoms with van der Waals surface area (Å²) in [5.41, 5.74) is 6.74. The van der Waals surface area contributed by atoms with Crippen LogP contribution in [0.1, 0.15) is 31.2 Å². The molecule has 0 aromatic heterocycles. The normalized spacial score (nSPS) is 11.1. The van der Waals surface area contributed by atoms with E-state index < -0.39 is 0 Å². The summed E-state index contributed by atoms with van der Waals surface area (Å²) >= 11 is 5.96. The zero-order valence-electron chi connectivity index (χ0n) is 10.7. The van der Waals surface area contributed by atoms with E-state index in [-0.39, 0.29) is 0 Å². The van der Waals surface area contributed by atoms with Gasteiger partial charge in [0.15, 0.2) is 0 Å². The summed E-state index contributed by atoms with van der Waals surface area (Å²) in [6, 6.07) is 8.08. The van der Waals surface area contributed by atoms with Gasteiger partial charge in [0.05, 0.1) is 0 Å². The van der Waals surface area contributed by atoms with Gasteiger partial charge in [0.25, 0.3) is 0 Å². The van der Waals surface area contributed by atoms with Crippen molar-refractivity contribution in [2.24, 2.45) is 5.73 Å². The van der Waals surface area contributed by atoms with Gasteiger partial charge >= 0.3 is 0 Å². The minimum absolute atomic E-state index is 0.818. The second-order valence-corrected chi connectivity index (χ2v) is 5.01. The second-order valence-electron chi connectivity index (χ2n) is 4.57. The molecular weight excluding hydrogens is 232 g/mol. The highest BCUT2D eigenvalue weighted by Gasteiger charge is 2.00. The minimum atomic E-state index is 0.818. The van der Waals surface area contributed by atoms with Crippen LogP contribution in [0.15, 0.2) is 24.3 Å². The van der Waals surface area contributed by atoms with Gasteiger partial charge in [-0.15, -0.1) is 0 Å². The highest BCUT2D eigenvalue weighted by Crippen LogP contribution is 2.12. The smallest absolute Gasteiger partial charge is 0.0409 e. The fourth-order valence-electron chi connectivity index (χ4n) is 1.91. The lowest BCUT2D eigenvalue weighted by Crippen LogP contribution is -2.19. The first kappa shape index (κ1) is 14.5. The lowest BCUT2D eigenvalue weighted by Gasteiger charge is -2.16. The van der Waals surface area contributed by atoms with E-state index in [1.165, 1.54) is 24.8 Å². The molecule has 2 nitrogen and oxygen atoms in total. The molecule has 2 N–H and O–H groups in total. The van der Waals surface area contributed by atoms with E-state index in [1.54, 1.807) is 0 Å². The molecule has 0 heterocycles. The largest absolute Gasteiger partial charge is 0.330 e. The monoisotopic (exact) mass is 254 g/mol. The van der Waals surface area contributed by atoms with Crippen molar-refractivity contribution in [3.05, 3.63) is 34.9 Å². The molecule has 0 unspecified atom stereocenters. The van der Waals surface area contributed by atoms with Gasteiger partial charge < -0.3 is 10.6 Å². The van der Waals surface area contributed by atoms with Crippen molar-refractivity contribution in [3.8, 4) is 0 Å². The molecule has 1 rings (SSSR count). The summed E-state index contributed by atoms with van der Waals surface area (Å²) in [5.74, 6) is 0. The molecule has 0 saturated heterocycles. The maximum Gasteiger partial charge on any atom is 0.0409 e. The summed E-state index contributed by atoms with van der Waals surface area (Å²) in [7, 11) is 2.16. The van der Waals surface area contributed by atoms with Crippen LogP contribution in [0.4, 0.5) is 0 Å². The maximum absolute atomic E-state index is 5.96. The number of halogens is 1. The average molecular weight is 255 g/mol. The fraction of sp³-hybridized carbons (Fsp3) is 0.571. The van der Waals surface area contributed by atoms with E-state index in [4.69, 9.17) is 17.3 Å². The number of rotatable bonds is 8. The number of nitrogens with zero attached hydrogens (tertiary/aromatic N) is 1. The Hall–Kier alpha value is -0.570. The quantitative estimate of drug-likeness (QED) is 0.722. The molecule has 3 heteroatoms. The van der Waals surface area contributed by atoms with Crippen LogP contribution in [0, 0.1) is 0 Å². The van der Waals surface area contributed by atoms with Gasteiger partial charge in [-0.2, -0.15) is 0 Å². The van der Waals surface area contributed by atoms with Crippen LogP contribution in [-0.2, 0) is 6.54 Å². The lowest BCUT2D eigenvalue weighted by atomic mass is 10.1. The third kappa shape index (κ3) is 6.67. The summed E-state index contributed by atoms with van der Waals surface area (Å²) in [4.78, 5) is 2.34. The Balaban J connectivity index is 2.18. The Morgan fingerprint density at radius 3 is 2.65 bits per heavy atom. The van der Waals surface area contributed by atoms with Crippen LogP contribution in [-0.4, -0.2) is 25.0 Å². The molecule has 0 saturated carbocycles. The van der Waals surface area contributed by atoms with Crippen molar-refractivity contribution < 1.29 is 0 Å². The summed E-state index contributed by atoms with van der Waals surface area (Å²) in [5, 5.41) is 0.818. The van der Waals surface area contributed by atoms with E-state index in [0.29, 0.717) is 0 Å². The number of unbranched alkanes of at least 4 members (excludes halogenated alkanes) is 3. The van der Waals surface area contributed by atoms with Gasteiger partial charge in [-0.25, -0.2) is 0 Å². The first-order valence-electron chi connectivity index (χ1n) is 6.35. The van der Waals surface area contributed by atoms with Crippen molar-refractivity contribution in [2.45, 2.75) is 32.2 Å². The highest BCUT2D eigenvalue weighted by molar-refractivity contribution is 6.30. The lowest BCUT2D eigenvalue weighted by molar-refractivity contribution is 0.317. The Morgan fingerprint density at radius 1 is 1.18 bits per heavy atom. The summed E-state index contributed by atoms with van der Waals surface area (Å²) in [6.45, 7) is 2.92. The molecule has 0 aliphatic rings. The van der Waals surface area contributed by atoms with Crippen LogP contribution in [0.2, 0.25) is 5.02 Å². The Morgan fingerprint density at radius 2 is 1.94 bits per heavy atom. The molecule has 0 spiro atoms. The first-order chi connectivity index (χ1) is 8.22. The predicted octanol–water partition coefficient (Wildman–Crippen LogP) is 3.29. The summed E-state index contributed by atoms with van der Waals surface area (Å²) in [6.07, 6.45) is 4.92. The minimum Gasteiger partial charge on any atom is -0.330 e. The molecular formula is C14H23ClN2. The molecule has 1 aromatic rings. The fourth-order valence-corrected chi connectivity index (χ4v) is 2.12. The van der Waals surface area contributed by atoms with Gasteiger partial charge in [0.1, 0.15) is 0 Å². The maximum atomic E-state index is 5.96. The van der Waals surface area contributed by atoms with Crippen LogP contribution >= 0.6 is 11.6 Å². The molecule has 0 aliphatic carbocycles. The number of hydrogen-bond donors (Lipinski definition) is 1. The van der Waals surface area contributed by atoms with Crippen LogP contribution in [0.3, 0.4) is 0 Å². The van der Waals surface area contributed by atoms with Gasteiger partial charge in [-0.05, 0) is 50.7 Å². The van der Waals surface area contributed by atoms with Crippen molar-refractivity contribution in [2.75, 3.05) is 20.1 Å². The topological polar surface area (TPSA) is 29.3 Å². The number of nitrogens with two attached hydrogens (primary N) is 1. The molecule has 96 valence electrons. The first-order valence-corrected chi connectivity index (χ1v) is 6.73. The summed E-state index contributed by atoms with van der Waals surface area (Å²) < 4.78 is 0. The number of hydrogen-bond acceptors (Lipinski definition) is 2. The third-order valence-electron chi connectivity index (χ3n) is 2.84. The molecule has 0 amide bonds. The molecule has 17 heavy (non-hydrogen) atoms. The predicted molar refractivity (Wildman–Crippen MR) is 75.3 cm³/mol. The highest BCUT2D eigenvalue weighted by atomic mass is 35.5. The van der Waals surface area contributed by atoms with E-state index in [1.807, 2.05) is 18.2 Å². The van der Waals surface area contributed by atoms with Crippen molar-refractivity contribution in [1.82, 2.24) is 4.90 Å². The van der Waals surface area contributed by atoms with Crippen LogP contribution in [0.5, 0.6) is 0 Å². The van der Waals surface area contributed by atoms with Crippen LogP contribution < -0.4 is 5.73 Å². The van der Waals surface area contributed by atoms with Gasteiger partial charge in [-0.3, -0.25) is 0 Å². The van der Waals surface area contributed by atoms with E-state index in [9.17, 15) is 0 Å². The van der Waals surface area contributed by atoms with Gasteiger partial charge in [0, 0.05) is 11.6 Å². The number of benzene rings is 1. The second kappa shape index (κ2) is 8.51. The van der Waals surface area contributed by atoms with E-state index in [0.717, 1.165) is 31.1 Å². The molecule has 0 atom stereocenters. The zero-order chi connectivity index (χ0) is 12.5. The van der Waals surface area contributed by atoms with Crippen molar-refractivity contribution >= 4 is 11.6 Å². The Bertz CT molecular complexity index is 315. The van der Waals surface area contributed by atoms with E-state index in [2.05, 4.69) is 18.0 Å². The molecule has 0 bridgehead atoms. The Kier molecular flexibility index (Phi) is 7.25. The molecule has 1 aromatic carbocycles. The standard InChI is InChI=1S/C14H23ClN2/c1-17(10-5-3-2-4-9-16)12-13-7-6-8-14(15)11-13/h6-8,11H,2-5,9-10,12,16H2,1H3. The molecule has 0 aliphatic heterocycles.